The number of aliphatic hydroxyl groups is 1. The van der Waals surface area contributed by atoms with Gasteiger partial charge in [0.25, 0.3) is 0 Å². The van der Waals surface area contributed by atoms with Crippen LogP contribution in [0, 0.1) is 5.82 Å². The molecule has 0 unspecified atom stereocenters. The van der Waals surface area contributed by atoms with Gasteiger partial charge in [0.15, 0.2) is 5.78 Å². The number of hydrogen-bond donors (Lipinski definition) is 1. The molecule has 17 heavy (non-hydrogen) atoms. The van der Waals surface area contributed by atoms with Gasteiger partial charge in [-0.05, 0) is 32.4 Å². The predicted molar refractivity (Wildman–Crippen MR) is 66.0 cm³/mol. The number of aliphatic hydroxyl groups excluding tert-OH is 1. The Balaban J connectivity index is 2.96. The molecule has 0 saturated heterocycles. The van der Waals surface area contributed by atoms with Crippen LogP contribution in [-0.2, 0) is 0 Å². The van der Waals surface area contributed by atoms with Gasteiger partial charge in [-0.3, -0.25) is 4.79 Å². The maximum absolute atomic E-state index is 13.6. The van der Waals surface area contributed by atoms with E-state index in [1.165, 1.54) is 13.0 Å². The van der Waals surface area contributed by atoms with E-state index in [-0.39, 0.29) is 11.3 Å². The third-order valence-corrected chi connectivity index (χ3v) is 2.64. The van der Waals surface area contributed by atoms with Crippen molar-refractivity contribution in [3.63, 3.8) is 0 Å². The van der Waals surface area contributed by atoms with Crippen molar-refractivity contribution in [1.29, 1.82) is 0 Å². The first kappa shape index (κ1) is 13.6. The Morgan fingerprint density at radius 1 is 1.53 bits per heavy atom. The van der Waals surface area contributed by atoms with Gasteiger partial charge in [0.05, 0.1) is 17.4 Å². The minimum atomic E-state index is -0.501. The smallest absolute Gasteiger partial charge is 0.164 e. The molecule has 4 heteroatoms. The molecule has 3 nitrogen and oxygen atoms in total. The number of ketones is 1. The second-order valence-electron chi connectivity index (χ2n) is 4.25. The third kappa shape index (κ3) is 3.53. The molecule has 1 atom stereocenters. The largest absolute Gasteiger partial charge is 0.393 e. The van der Waals surface area contributed by atoms with Crippen molar-refractivity contribution in [3.8, 4) is 0 Å². The van der Waals surface area contributed by atoms with Crippen LogP contribution >= 0.6 is 0 Å². The van der Waals surface area contributed by atoms with E-state index in [1.807, 2.05) is 0 Å². The quantitative estimate of drug-likeness (QED) is 0.801. The summed E-state index contributed by atoms with van der Waals surface area (Å²) in [4.78, 5) is 13.2. The molecule has 0 radical (unpaired) electrons. The molecule has 0 heterocycles. The SMILES string of the molecule is CC(=O)c1c(F)cccc1N(C)CC[C@@H](C)O. The summed E-state index contributed by atoms with van der Waals surface area (Å²) in [6.07, 6.45) is 0.163. The van der Waals surface area contributed by atoms with E-state index in [0.717, 1.165) is 0 Å². The molecule has 0 fully saturated rings. The maximum Gasteiger partial charge on any atom is 0.164 e. The molecule has 1 rings (SSSR count). The van der Waals surface area contributed by atoms with Crippen LogP contribution in [0.1, 0.15) is 30.6 Å². The number of benzene rings is 1. The molecule has 0 bridgehead atoms. The molecule has 0 aliphatic rings. The summed E-state index contributed by atoms with van der Waals surface area (Å²) in [5.74, 6) is -0.791. The van der Waals surface area contributed by atoms with Crippen molar-refractivity contribution in [1.82, 2.24) is 0 Å². The summed E-state index contributed by atoms with van der Waals surface area (Å²) in [6, 6.07) is 4.57. The van der Waals surface area contributed by atoms with Crippen LogP contribution in [0.3, 0.4) is 0 Å². The summed E-state index contributed by atoms with van der Waals surface area (Å²) < 4.78 is 13.6. The fraction of sp³-hybridized carbons (Fsp3) is 0.462. The van der Waals surface area contributed by atoms with Crippen LogP contribution in [0.25, 0.3) is 0 Å². The first-order valence-electron chi connectivity index (χ1n) is 5.62. The van der Waals surface area contributed by atoms with Gasteiger partial charge in [0, 0.05) is 13.6 Å². The molecular weight excluding hydrogens is 221 g/mol. The molecule has 0 amide bonds. The van der Waals surface area contributed by atoms with Crippen LogP contribution in [0.5, 0.6) is 0 Å². The highest BCUT2D eigenvalue weighted by Crippen LogP contribution is 2.23. The number of rotatable bonds is 5. The van der Waals surface area contributed by atoms with Crippen LogP contribution < -0.4 is 4.90 Å². The standard InChI is InChI=1S/C13H18FNO2/c1-9(16)7-8-15(3)12-6-4-5-11(14)13(12)10(2)17/h4-6,9,16H,7-8H2,1-3H3/t9-/m1/s1. The Morgan fingerprint density at radius 3 is 2.71 bits per heavy atom. The van der Waals surface area contributed by atoms with Crippen molar-refractivity contribution >= 4 is 11.5 Å². The Labute approximate surface area is 101 Å². The topological polar surface area (TPSA) is 40.5 Å². The number of hydrogen-bond acceptors (Lipinski definition) is 3. The fourth-order valence-electron chi connectivity index (χ4n) is 1.68. The van der Waals surface area contributed by atoms with E-state index in [1.54, 1.807) is 31.0 Å². The number of carbonyl (C=O) groups excluding carboxylic acids is 1. The highest BCUT2D eigenvalue weighted by Gasteiger charge is 2.15. The Hall–Kier alpha value is -1.42. The molecule has 0 saturated carbocycles. The number of nitrogens with zero attached hydrogens (tertiary/aromatic N) is 1. The van der Waals surface area contributed by atoms with Crippen molar-refractivity contribution < 1.29 is 14.3 Å². The minimum absolute atomic E-state index is 0.112. The average Bonchev–Trinajstić information content (AvgIpc) is 2.24. The first-order chi connectivity index (χ1) is 7.93. The molecule has 0 aliphatic heterocycles. The second-order valence-corrected chi connectivity index (χ2v) is 4.25. The van der Waals surface area contributed by atoms with Crippen molar-refractivity contribution in [2.24, 2.45) is 0 Å². The van der Waals surface area contributed by atoms with E-state index < -0.39 is 11.9 Å². The number of anilines is 1. The zero-order valence-corrected chi connectivity index (χ0v) is 10.4. The van der Waals surface area contributed by atoms with Crippen molar-refractivity contribution in [3.05, 3.63) is 29.6 Å². The third-order valence-electron chi connectivity index (χ3n) is 2.64. The van der Waals surface area contributed by atoms with Gasteiger partial charge in [0.2, 0.25) is 0 Å². The maximum atomic E-state index is 13.6. The first-order valence-corrected chi connectivity index (χ1v) is 5.62. The molecule has 1 aromatic rings. The number of carbonyl (C=O) groups is 1. The average molecular weight is 239 g/mol. The zero-order chi connectivity index (χ0) is 13.0. The molecular formula is C13H18FNO2. The lowest BCUT2D eigenvalue weighted by Gasteiger charge is -2.22. The molecule has 0 aromatic heterocycles. The minimum Gasteiger partial charge on any atom is -0.393 e. The lowest BCUT2D eigenvalue weighted by molar-refractivity contribution is 0.101. The molecule has 0 aliphatic carbocycles. The molecule has 1 N–H and O–H groups in total. The second kappa shape index (κ2) is 5.77. The lowest BCUT2D eigenvalue weighted by Crippen LogP contribution is -2.24. The van der Waals surface area contributed by atoms with E-state index in [9.17, 15) is 14.3 Å². The van der Waals surface area contributed by atoms with Crippen LogP contribution in [-0.4, -0.2) is 30.6 Å². The van der Waals surface area contributed by atoms with Crippen LogP contribution in [0.4, 0.5) is 10.1 Å². The Bertz CT molecular complexity index is 404. The number of halogens is 1. The lowest BCUT2D eigenvalue weighted by atomic mass is 10.1. The van der Waals surface area contributed by atoms with Crippen LogP contribution in [0.2, 0.25) is 0 Å². The predicted octanol–water partition coefficient (Wildman–Crippen LogP) is 2.24. The zero-order valence-electron chi connectivity index (χ0n) is 10.4. The van der Waals surface area contributed by atoms with Gasteiger partial charge in [0.1, 0.15) is 5.82 Å². The van der Waals surface area contributed by atoms with Crippen molar-refractivity contribution in [2.45, 2.75) is 26.4 Å². The normalized spacial score (nSPS) is 12.3. The van der Waals surface area contributed by atoms with Gasteiger partial charge in [-0.1, -0.05) is 6.07 Å². The number of Topliss-reactive ketones (excluding diaryl/α,β-unsaturated/α-hetero) is 1. The van der Waals surface area contributed by atoms with Crippen molar-refractivity contribution in [2.75, 3.05) is 18.5 Å². The van der Waals surface area contributed by atoms with E-state index >= 15 is 0 Å². The Morgan fingerprint density at radius 2 is 2.18 bits per heavy atom. The fourth-order valence-corrected chi connectivity index (χ4v) is 1.68. The van der Waals surface area contributed by atoms with E-state index in [0.29, 0.717) is 18.7 Å². The van der Waals surface area contributed by atoms with E-state index in [4.69, 9.17) is 0 Å². The highest BCUT2D eigenvalue weighted by molar-refractivity contribution is 5.99. The van der Waals surface area contributed by atoms with Gasteiger partial charge in [-0.2, -0.15) is 0 Å². The van der Waals surface area contributed by atoms with Gasteiger partial charge >= 0.3 is 0 Å². The Kier molecular flexibility index (Phi) is 4.63. The summed E-state index contributed by atoms with van der Waals surface area (Å²) in [7, 11) is 1.78. The van der Waals surface area contributed by atoms with Crippen LogP contribution in [0.15, 0.2) is 18.2 Å². The monoisotopic (exact) mass is 239 g/mol. The summed E-state index contributed by atoms with van der Waals surface area (Å²) in [6.45, 7) is 3.62. The summed E-state index contributed by atoms with van der Waals surface area (Å²) >= 11 is 0. The molecule has 0 spiro atoms. The summed E-state index contributed by atoms with van der Waals surface area (Å²) in [5.41, 5.74) is 0.679. The van der Waals surface area contributed by atoms with E-state index in [2.05, 4.69) is 0 Å². The van der Waals surface area contributed by atoms with Gasteiger partial charge in [-0.25, -0.2) is 4.39 Å². The molecule has 1 aromatic carbocycles. The van der Waals surface area contributed by atoms with Gasteiger partial charge in [-0.15, -0.1) is 0 Å². The van der Waals surface area contributed by atoms with Gasteiger partial charge < -0.3 is 10.0 Å². The summed E-state index contributed by atoms with van der Waals surface area (Å²) in [5, 5.41) is 9.21. The highest BCUT2D eigenvalue weighted by atomic mass is 19.1. The molecule has 94 valence electrons.